The van der Waals surface area contributed by atoms with Gasteiger partial charge in [-0.05, 0) is 42.5 Å². The van der Waals surface area contributed by atoms with Gasteiger partial charge in [0.25, 0.3) is 5.91 Å². The molecule has 0 radical (unpaired) electrons. The Kier molecular flexibility index (Phi) is 6.01. The van der Waals surface area contributed by atoms with Gasteiger partial charge in [-0.15, -0.1) is 11.3 Å². The summed E-state index contributed by atoms with van der Waals surface area (Å²) in [6.45, 7) is 1.58. The Balaban J connectivity index is 1.71. The number of hydrogen-bond donors (Lipinski definition) is 1. The second-order valence-electron chi connectivity index (χ2n) is 6.09. The molecule has 0 aliphatic carbocycles. The molecule has 2 heterocycles. The summed E-state index contributed by atoms with van der Waals surface area (Å²) in [6.07, 6.45) is 7.72. The summed E-state index contributed by atoms with van der Waals surface area (Å²) >= 11 is 1.57. The molecule has 2 aromatic rings. The molecule has 1 aliphatic heterocycles. The lowest BCUT2D eigenvalue weighted by molar-refractivity contribution is -0.111. The quantitative estimate of drug-likeness (QED) is 0.827. The van der Waals surface area contributed by atoms with Crippen molar-refractivity contribution in [2.45, 2.75) is 25.7 Å². The van der Waals surface area contributed by atoms with Crippen LogP contribution in [0.2, 0.25) is 0 Å². The van der Waals surface area contributed by atoms with E-state index < -0.39 is 0 Å². The van der Waals surface area contributed by atoms with Crippen molar-refractivity contribution in [2.75, 3.05) is 18.4 Å². The fourth-order valence-electron chi connectivity index (χ4n) is 2.94. The zero-order valence-corrected chi connectivity index (χ0v) is 14.9. The number of rotatable bonds is 4. The maximum atomic E-state index is 12.9. The first-order valence-electron chi connectivity index (χ1n) is 8.65. The number of benzene rings is 1. The number of carbonyl (C=O) groups excluding carboxylic acids is 2. The number of carbonyl (C=O) groups is 2. The Bertz CT molecular complexity index is 745. The van der Waals surface area contributed by atoms with Crippen LogP contribution in [0.3, 0.4) is 0 Å². The van der Waals surface area contributed by atoms with Gasteiger partial charge in [-0.1, -0.05) is 31.0 Å². The third-order valence-electron chi connectivity index (χ3n) is 4.25. The van der Waals surface area contributed by atoms with Crippen LogP contribution in [0.5, 0.6) is 0 Å². The second-order valence-corrected chi connectivity index (χ2v) is 7.07. The molecule has 1 saturated heterocycles. The standard InChI is InChI=1S/C20H22N2O2S/c23-19(12-11-16-8-7-15-25-16)21-18-10-4-3-9-17(18)20(24)22-13-5-1-2-6-14-22/h3-4,7-12,15H,1-2,5-6,13-14H2,(H,21,23)/b12-11+. The minimum absolute atomic E-state index is 0.0000337. The molecule has 1 aromatic heterocycles. The van der Waals surface area contributed by atoms with Crippen molar-refractivity contribution in [1.82, 2.24) is 4.90 Å². The molecule has 1 aliphatic rings. The molecule has 3 rings (SSSR count). The zero-order chi connectivity index (χ0) is 17.5. The molecule has 4 nitrogen and oxygen atoms in total. The van der Waals surface area contributed by atoms with Gasteiger partial charge in [0, 0.05) is 24.0 Å². The number of likely N-dealkylation sites (tertiary alicyclic amines) is 1. The average Bonchev–Trinajstić information content (AvgIpc) is 3.00. The van der Waals surface area contributed by atoms with Gasteiger partial charge in [-0.2, -0.15) is 0 Å². The summed E-state index contributed by atoms with van der Waals surface area (Å²) in [5.74, 6) is -0.232. The highest BCUT2D eigenvalue weighted by atomic mass is 32.1. The maximum Gasteiger partial charge on any atom is 0.255 e. The third kappa shape index (κ3) is 4.79. The van der Waals surface area contributed by atoms with Crippen LogP contribution in [0.4, 0.5) is 5.69 Å². The molecule has 0 atom stereocenters. The Hall–Kier alpha value is -2.40. The topological polar surface area (TPSA) is 49.4 Å². The molecular formula is C20H22N2O2S. The van der Waals surface area contributed by atoms with E-state index in [4.69, 9.17) is 0 Å². The highest BCUT2D eigenvalue weighted by Gasteiger charge is 2.20. The Labute approximate surface area is 152 Å². The van der Waals surface area contributed by atoms with Crippen molar-refractivity contribution in [3.05, 3.63) is 58.3 Å². The second kappa shape index (κ2) is 8.62. The van der Waals surface area contributed by atoms with E-state index in [0.29, 0.717) is 11.3 Å². The first-order valence-corrected chi connectivity index (χ1v) is 9.53. The largest absolute Gasteiger partial charge is 0.339 e. The highest BCUT2D eigenvalue weighted by Crippen LogP contribution is 2.20. The van der Waals surface area contributed by atoms with Crippen LogP contribution in [0, 0.1) is 0 Å². The molecule has 0 spiro atoms. The normalized spacial score (nSPS) is 15.1. The molecule has 1 aromatic carbocycles. The summed E-state index contributed by atoms with van der Waals surface area (Å²) < 4.78 is 0. The molecule has 5 heteroatoms. The van der Waals surface area contributed by atoms with E-state index in [1.54, 1.807) is 29.5 Å². The van der Waals surface area contributed by atoms with Crippen LogP contribution >= 0.6 is 11.3 Å². The van der Waals surface area contributed by atoms with Crippen molar-refractivity contribution in [2.24, 2.45) is 0 Å². The molecule has 1 fully saturated rings. The Morgan fingerprint density at radius 2 is 1.76 bits per heavy atom. The van der Waals surface area contributed by atoms with Gasteiger partial charge < -0.3 is 10.2 Å². The summed E-state index contributed by atoms with van der Waals surface area (Å²) in [7, 11) is 0. The SMILES string of the molecule is O=C(/C=C/c1cccs1)Nc1ccccc1C(=O)N1CCCCCC1. The monoisotopic (exact) mass is 354 g/mol. The Morgan fingerprint density at radius 1 is 1.00 bits per heavy atom. The first kappa shape index (κ1) is 17.4. The number of para-hydroxylation sites is 1. The van der Waals surface area contributed by atoms with Gasteiger partial charge >= 0.3 is 0 Å². The molecule has 0 unspecified atom stereocenters. The Morgan fingerprint density at radius 3 is 2.48 bits per heavy atom. The van der Waals surface area contributed by atoms with E-state index in [1.807, 2.05) is 34.5 Å². The van der Waals surface area contributed by atoms with Crippen LogP contribution in [0.15, 0.2) is 47.9 Å². The highest BCUT2D eigenvalue weighted by molar-refractivity contribution is 7.10. The average molecular weight is 354 g/mol. The van der Waals surface area contributed by atoms with E-state index >= 15 is 0 Å². The fourth-order valence-corrected chi connectivity index (χ4v) is 3.56. The van der Waals surface area contributed by atoms with Crippen LogP contribution in [0.25, 0.3) is 6.08 Å². The lowest BCUT2D eigenvalue weighted by atomic mass is 10.1. The minimum Gasteiger partial charge on any atom is -0.339 e. The van der Waals surface area contributed by atoms with Crippen molar-refractivity contribution in [3.8, 4) is 0 Å². The van der Waals surface area contributed by atoms with Crippen LogP contribution in [-0.2, 0) is 4.79 Å². The predicted molar refractivity (Wildman–Crippen MR) is 103 cm³/mol. The fraction of sp³-hybridized carbons (Fsp3) is 0.300. The number of thiophene rings is 1. The summed E-state index contributed by atoms with van der Waals surface area (Å²) in [6, 6.07) is 11.1. The van der Waals surface area contributed by atoms with Crippen LogP contribution < -0.4 is 5.32 Å². The maximum absolute atomic E-state index is 12.9. The van der Waals surface area contributed by atoms with Gasteiger partial charge in [0.1, 0.15) is 0 Å². The number of nitrogens with one attached hydrogen (secondary N) is 1. The number of hydrogen-bond acceptors (Lipinski definition) is 3. The molecule has 0 bridgehead atoms. The first-order chi connectivity index (χ1) is 12.2. The molecule has 1 N–H and O–H groups in total. The number of amides is 2. The zero-order valence-electron chi connectivity index (χ0n) is 14.1. The number of nitrogens with zero attached hydrogens (tertiary/aromatic N) is 1. The van der Waals surface area contributed by atoms with Crippen molar-refractivity contribution in [3.63, 3.8) is 0 Å². The van der Waals surface area contributed by atoms with Gasteiger partial charge in [0.15, 0.2) is 0 Å². The minimum atomic E-state index is -0.232. The molecule has 0 saturated carbocycles. The molecule has 2 amide bonds. The third-order valence-corrected chi connectivity index (χ3v) is 5.09. The van der Waals surface area contributed by atoms with E-state index in [2.05, 4.69) is 5.32 Å². The van der Waals surface area contributed by atoms with Crippen LogP contribution in [-0.4, -0.2) is 29.8 Å². The summed E-state index contributed by atoms with van der Waals surface area (Å²) in [5.41, 5.74) is 1.12. The molecule has 25 heavy (non-hydrogen) atoms. The molecular weight excluding hydrogens is 332 g/mol. The van der Waals surface area contributed by atoms with Gasteiger partial charge in [-0.3, -0.25) is 9.59 Å². The molecule has 130 valence electrons. The summed E-state index contributed by atoms with van der Waals surface area (Å²) in [4.78, 5) is 28.0. The van der Waals surface area contributed by atoms with E-state index in [1.165, 1.54) is 18.9 Å². The van der Waals surface area contributed by atoms with E-state index in [-0.39, 0.29) is 11.8 Å². The van der Waals surface area contributed by atoms with Gasteiger partial charge in [0.2, 0.25) is 5.91 Å². The van der Waals surface area contributed by atoms with Crippen molar-refractivity contribution in [1.29, 1.82) is 0 Å². The van der Waals surface area contributed by atoms with Gasteiger partial charge in [-0.25, -0.2) is 0 Å². The van der Waals surface area contributed by atoms with Crippen molar-refractivity contribution >= 4 is 34.9 Å². The lowest BCUT2D eigenvalue weighted by Gasteiger charge is -2.21. The number of anilines is 1. The predicted octanol–water partition coefficient (Wildman–Crippen LogP) is 4.42. The van der Waals surface area contributed by atoms with E-state index in [9.17, 15) is 9.59 Å². The lowest BCUT2D eigenvalue weighted by Crippen LogP contribution is -2.32. The summed E-state index contributed by atoms with van der Waals surface area (Å²) in [5, 5.41) is 4.80. The van der Waals surface area contributed by atoms with Gasteiger partial charge in [0.05, 0.1) is 11.3 Å². The van der Waals surface area contributed by atoms with E-state index in [0.717, 1.165) is 30.8 Å². The van der Waals surface area contributed by atoms with Crippen LogP contribution in [0.1, 0.15) is 40.9 Å². The van der Waals surface area contributed by atoms with Crippen molar-refractivity contribution < 1.29 is 9.59 Å². The smallest absolute Gasteiger partial charge is 0.255 e.